The van der Waals surface area contributed by atoms with Gasteiger partial charge in [-0.05, 0) is 49.6 Å². The van der Waals surface area contributed by atoms with Crippen LogP contribution in [-0.4, -0.2) is 62.4 Å². The summed E-state index contributed by atoms with van der Waals surface area (Å²) in [6, 6.07) is 12.2. The van der Waals surface area contributed by atoms with Crippen molar-refractivity contribution in [1.29, 1.82) is 0 Å². The third-order valence-electron chi connectivity index (χ3n) is 5.80. The van der Waals surface area contributed by atoms with Crippen molar-refractivity contribution in [2.24, 2.45) is 0 Å². The Morgan fingerprint density at radius 2 is 1.94 bits per heavy atom. The highest BCUT2D eigenvalue weighted by atomic mass is 16.6. The molecule has 3 aromatic rings. The molecule has 182 valence electrons. The maximum Gasteiger partial charge on any atom is 0.343 e. The lowest BCUT2D eigenvalue weighted by atomic mass is 10.0. The normalized spacial score (nSPS) is 14.7. The average molecular weight is 470 g/mol. The Morgan fingerprint density at radius 1 is 1.12 bits per heavy atom. The highest BCUT2D eigenvalue weighted by Crippen LogP contribution is 2.31. The SMILES string of the molecule is CCOc1cc(CN2CCC(Nc3nc4cccc(OCC(=O)OC)c4o3)CC2)ccc1OC. The van der Waals surface area contributed by atoms with Crippen molar-refractivity contribution in [1.82, 2.24) is 9.88 Å². The van der Waals surface area contributed by atoms with Crippen molar-refractivity contribution < 1.29 is 28.2 Å². The molecule has 1 aliphatic rings. The molecule has 9 heteroatoms. The number of nitrogens with one attached hydrogen (secondary N) is 1. The van der Waals surface area contributed by atoms with E-state index in [4.69, 9.17) is 18.6 Å². The second-order valence-corrected chi connectivity index (χ2v) is 8.10. The number of carbonyl (C=O) groups excluding carboxylic acids is 1. The fraction of sp³-hybridized carbons (Fsp3) is 0.440. The van der Waals surface area contributed by atoms with Crippen LogP contribution in [0.15, 0.2) is 40.8 Å². The van der Waals surface area contributed by atoms with Crippen molar-refractivity contribution >= 4 is 23.1 Å². The number of piperidine rings is 1. The van der Waals surface area contributed by atoms with Gasteiger partial charge in [0.2, 0.25) is 0 Å². The quantitative estimate of drug-likeness (QED) is 0.444. The Bertz CT molecular complexity index is 1110. The predicted molar refractivity (Wildman–Crippen MR) is 128 cm³/mol. The van der Waals surface area contributed by atoms with Gasteiger partial charge in [0.05, 0.1) is 20.8 Å². The molecular formula is C25H31N3O6. The Kier molecular flexibility index (Phi) is 7.74. The Labute approximate surface area is 198 Å². The zero-order valence-corrected chi connectivity index (χ0v) is 19.8. The maximum atomic E-state index is 11.4. The number of hydrogen-bond donors (Lipinski definition) is 1. The summed E-state index contributed by atoms with van der Waals surface area (Å²) in [4.78, 5) is 18.3. The topological polar surface area (TPSA) is 95.3 Å². The van der Waals surface area contributed by atoms with Crippen LogP contribution in [0.2, 0.25) is 0 Å². The van der Waals surface area contributed by atoms with E-state index in [2.05, 4.69) is 32.1 Å². The van der Waals surface area contributed by atoms with Gasteiger partial charge in [0.1, 0.15) is 5.52 Å². The molecule has 1 N–H and O–H groups in total. The molecule has 0 aliphatic carbocycles. The van der Waals surface area contributed by atoms with Gasteiger partial charge in [0.15, 0.2) is 29.4 Å². The van der Waals surface area contributed by atoms with Gasteiger partial charge in [0, 0.05) is 25.7 Å². The molecule has 0 unspecified atom stereocenters. The molecule has 0 spiro atoms. The third-order valence-corrected chi connectivity index (χ3v) is 5.80. The maximum absolute atomic E-state index is 11.4. The predicted octanol–water partition coefficient (Wildman–Crippen LogP) is 3.86. The van der Waals surface area contributed by atoms with E-state index in [0.717, 1.165) is 44.0 Å². The van der Waals surface area contributed by atoms with E-state index in [1.54, 1.807) is 13.2 Å². The molecule has 9 nitrogen and oxygen atoms in total. The number of carbonyl (C=O) groups is 1. The van der Waals surface area contributed by atoms with E-state index >= 15 is 0 Å². The van der Waals surface area contributed by atoms with Gasteiger partial charge in [-0.1, -0.05) is 12.1 Å². The summed E-state index contributed by atoms with van der Waals surface area (Å²) in [6.07, 6.45) is 1.94. The number of benzene rings is 2. The average Bonchev–Trinajstić information content (AvgIpc) is 3.27. The van der Waals surface area contributed by atoms with Gasteiger partial charge >= 0.3 is 5.97 Å². The number of likely N-dealkylation sites (tertiary alicyclic amines) is 1. The Morgan fingerprint density at radius 3 is 2.68 bits per heavy atom. The summed E-state index contributed by atoms with van der Waals surface area (Å²) in [7, 11) is 2.98. The summed E-state index contributed by atoms with van der Waals surface area (Å²) in [5.41, 5.74) is 2.39. The number of oxazole rings is 1. The number of methoxy groups -OCH3 is 2. The van der Waals surface area contributed by atoms with Gasteiger partial charge < -0.3 is 28.7 Å². The van der Waals surface area contributed by atoms with Gasteiger partial charge in [0.25, 0.3) is 6.01 Å². The molecule has 34 heavy (non-hydrogen) atoms. The second kappa shape index (κ2) is 11.1. The largest absolute Gasteiger partial charge is 0.493 e. The van der Waals surface area contributed by atoms with Crippen LogP contribution in [0.1, 0.15) is 25.3 Å². The minimum atomic E-state index is -0.453. The van der Waals surface area contributed by atoms with Gasteiger partial charge in [-0.2, -0.15) is 4.98 Å². The fourth-order valence-corrected chi connectivity index (χ4v) is 4.05. The third kappa shape index (κ3) is 5.72. The first-order chi connectivity index (χ1) is 16.6. The number of fused-ring (bicyclic) bond motifs is 1. The summed E-state index contributed by atoms with van der Waals surface area (Å²) in [5, 5.41) is 3.41. The Hall–Kier alpha value is -3.46. The minimum Gasteiger partial charge on any atom is -0.493 e. The lowest BCUT2D eigenvalue weighted by Crippen LogP contribution is -2.38. The monoisotopic (exact) mass is 469 g/mol. The summed E-state index contributed by atoms with van der Waals surface area (Å²) < 4.78 is 27.1. The highest BCUT2D eigenvalue weighted by molar-refractivity contribution is 5.81. The summed E-state index contributed by atoms with van der Waals surface area (Å²) in [5.74, 6) is 1.55. The van der Waals surface area contributed by atoms with Crippen LogP contribution in [0.25, 0.3) is 11.1 Å². The van der Waals surface area contributed by atoms with Crippen LogP contribution in [0.4, 0.5) is 6.01 Å². The molecule has 4 rings (SSSR count). The first-order valence-corrected chi connectivity index (χ1v) is 11.5. The zero-order chi connectivity index (χ0) is 23.9. The molecule has 1 saturated heterocycles. The molecule has 1 aliphatic heterocycles. The molecular weight excluding hydrogens is 438 g/mol. The van der Waals surface area contributed by atoms with Gasteiger partial charge in [-0.3, -0.25) is 4.90 Å². The van der Waals surface area contributed by atoms with Crippen LogP contribution in [0.5, 0.6) is 17.2 Å². The number of esters is 1. The summed E-state index contributed by atoms with van der Waals surface area (Å²) >= 11 is 0. The van der Waals surface area contributed by atoms with E-state index in [1.165, 1.54) is 12.7 Å². The molecule has 1 fully saturated rings. The van der Waals surface area contributed by atoms with Crippen molar-refractivity contribution in [2.75, 3.05) is 45.8 Å². The lowest BCUT2D eigenvalue weighted by molar-refractivity contribution is -0.142. The number of anilines is 1. The number of hydrogen-bond acceptors (Lipinski definition) is 9. The smallest absolute Gasteiger partial charge is 0.343 e. The molecule has 2 aromatic carbocycles. The molecule has 0 atom stereocenters. The number of rotatable bonds is 10. The van der Waals surface area contributed by atoms with Crippen molar-refractivity contribution in [3.63, 3.8) is 0 Å². The number of aromatic nitrogens is 1. The van der Waals surface area contributed by atoms with Crippen molar-refractivity contribution in [3.8, 4) is 17.2 Å². The van der Waals surface area contributed by atoms with Crippen LogP contribution < -0.4 is 19.5 Å². The fourth-order valence-electron chi connectivity index (χ4n) is 4.05. The van der Waals surface area contributed by atoms with Gasteiger partial charge in [-0.25, -0.2) is 4.79 Å². The summed E-state index contributed by atoms with van der Waals surface area (Å²) in [6.45, 7) is 5.17. The van der Waals surface area contributed by atoms with Gasteiger partial charge in [-0.15, -0.1) is 0 Å². The number of ether oxygens (including phenoxy) is 4. The van der Waals surface area contributed by atoms with Crippen LogP contribution in [0, 0.1) is 0 Å². The van der Waals surface area contributed by atoms with Crippen molar-refractivity contribution in [3.05, 3.63) is 42.0 Å². The molecule has 0 saturated carbocycles. The van der Waals surface area contributed by atoms with Crippen LogP contribution >= 0.6 is 0 Å². The molecule has 1 aromatic heterocycles. The van der Waals surface area contributed by atoms with Crippen molar-refractivity contribution in [2.45, 2.75) is 32.4 Å². The van der Waals surface area contributed by atoms with Crippen LogP contribution in [0.3, 0.4) is 0 Å². The Balaban J connectivity index is 1.33. The van der Waals surface area contributed by atoms with E-state index < -0.39 is 5.97 Å². The van der Waals surface area contributed by atoms with Crippen LogP contribution in [-0.2, 0) is 16.1 Å². The first-order valence-electron chi connectivity index (χ1n) is 11.5. The number of nitrogens with zero attached hydrogens (tertiary/aromatic N) is 2. The van der Waals surface area contributed by atoms with E-state index in [9.17, 15) is 4.79 Å². The van der Waals surface area contributed by atoms with E-state index in [0.29, 0.717) is 29.5 Å². The molecule has 0 radical (unpaired) electrons. The minimum absolute atomic E-state index is 0.183. The second-order valence-electron chi connectivity index (χ2n) is 8.10. The standard InChI is InChI=1S/C25H31N3O6/c1-4-32-22-14-17(8-9-20(22)30-2)15-28-12-10-18(11-13-28)26-25-27-19-6-5-7-21(24(19)34-25)33-16-23(29)31-3/h5-9,14,18H,4,10-13,15-16H2,1-3H3,(H,26,27). The molecule has 0 bridgehead atoms. The van der Waals surface area contributed by atoms with E-state index in [-0.39, 0.29) is 12.6 Å². The zero-order valence-electron chi connectivity index (χ0n) is 19.8. The first kappa shape index (κ1) is 23.7. The molecule has 2 heterocycles. The highest BCUT2D eigenvalue weighted by Gasteiger charge is 2.22. The number of para-hydroxylation sites is 1. The molecule has 0 amide bonds. The van der Waals surface area contributed by atoms with E-state index in [1.807, 2.05) is 25.1 Å². The lowest BCUT2D eigenvalue weighted by Gasteiger charge is -2.32.